The molecular weight excluding hydrogens is 310 g/mol. The Kier molecular flexibility index (Phi) is 4.82. The predicted octanol–water partition coefficient (Wildman–Crippen LogP) is 1.21. The first-order chi connectivity index (χ1) is 11.5. The zero-order valence-electron chi connectivity index (χ0n) is 14.1. The molecule has 1 aliphatic rings. The van der Waals surface area contributed by atoms with Crippen molar-refractivity contribution in [2.75, 3.05) is 0 Å². The summed E-state index contributed by atoms with van der Waals surface area (Å²) in [6, 6.07) is 1.53. The van der Waals surface area contributed by atoms with Crippen molar-refractivity contribution in [2.45, 2.75) is 58.7 Å². The number of rotatable bonds is 5. The third-order valence-corrected chi connectivity index (χ3v) is 4.33. The van der Waals surface area contributed by atoms with Gasteiger partial charge in [0.2, 0.25) is 5.76 Å². The Morgan fingerprint density at radius 1 is 1.46 bits per heavy atom. The lowest BCUT2D eigenvalue weighted by molar-refractivity contribution is 0.0895. The molecule has 3 rings (SSSR count). The maximum atomic E-state index is 12.4. The number of hydrogen-bond donors (Lipinski definition) is 1. The van der Waals surface area contributed by atoms with E-state index in [-0.39, 0.29) is 23.4 Å². The van der Waals surface area contributed by atoms with Crippen molar-refractivity contribution in [3.63, 3.8) is 0 Å². The molecule has 0 radical (unpaired) electrons. The molecule has 2 aromatic rings. The second-order valence-corrected chi connectivity index (χ2v) is 6.63. The van der Waals surface area contributed by atoms with Crippen LogP contribution in [-0.4, -0.2) is 31.5 Å². The number of fused-ring (bicyclic) bond motifs is 1. The minimum atomic E-state index is -0.272. The van der Waals surface area contributed by atoms with Crippen LogP contribution in [0, 0.1) is 5.92 Å². The molecule has 1 aliphatic heterocycles. The number of carbonyl (C=O) groups is 1. The molecule has 0 aromatic carbocycles. The van der Waals surface area contributed by atoms with Crippen LogP contribution in [0.15, 0.2) is 21.6 Å². The van der Waals surface area contributed by atoms with Gasteiger partial charge in [0.25, 0.3) is 5.91 Å². The van der Waals surface area contributed by atoms with Gasteiger partial charge in [-0.3, -0.25) is 9.36 Å². The first-order valence-corrected chi connectivity index (χ1v) is 8.42. The van der Waals surface area contributed by atoms with Gasteiger partial charge < -0.3 is 9.84 Å². The molecule has 0 bridgehead atoms. The van der Waals surface area contributed by atoms with Crippen LogP contribution in [0.2, 0.25) is 0 Å². The summed E-state index contributed by atoms with van der Waals surface area (Å²) in [6.45, 7) is 5.49. The smallest absolute Gasteiger partial charge is 0.345 e. The molecule has 1 N–H and O–H groups in total. The van der Waals surface area contributed by atoms with E-state index in [1.54, 1.807) is 9.25 Å². The lowest BCUT2D eigenvalue weighted by atomic mass is 10.1. The van der Waals surface area contributed by atoms with Crippen LogP contribution in [-0.2, 0) is 19.5 Å². The number of aryl methyl sites for hydroxylation is 2. The molecule has 24 heavy (non-hydrogen) atoms. The summed E-state index contributed by atoms with van der Waals surface area (Å²) in [6.07, 6.45) is 4.50. The van der Waals surface area contributed by atoms with Gasteiger partial charge in [0.15, 0.2) is 0 Å². The zero-order valence-corrected chi connectivity index (χ0v) is 14.1. The Bertz CT molecular complexity index is 744. The highest BCUT2D eigenvalue weighted by molar-refractivity contribution is 5.91. The third-order valence-electron chi connectivity index (χ3n) is 4.33. The van der Waals surface area contributed by atoms with E-state index < -0.39 is 0 Å². The Labute approximate surface area is 139 Å². The van der Waals surface area contributed by atoms with Gasteiger partial charge in [-0.2, -0.15) is 5.10 Å². The van der Waals surface area contributed by atoms with E-state index in [0.29, 0.717) is 31.8 Å². The summed E-state index contributed by atoms with van der Waals surface area (Å²) in [5.74, 6) is 1.27. The quantitative estimate of drug-likeness (QED) is 0.887. The van der Waals surface area contributed by atoms with Crippen LogP contribution in [0.5, 0.6) is 0 Å². The Morgan fingerprint density at radius 3 is 3.00 bits per heavy atom. The minimum absolute atomic E-state index is 0.00665. The average Bonchev–Trinajstić information content (AvgIpc) is 3.12. The highest BCUT2D eigenvalue weighted by Gasteiger charge is 2.23. The summed E-state index contributed by atoms with van der Waals surface area (Å²) in [5, 5.41) is 10.9. The van der Waals surface area contributed by atoms with E-state index in [0.717, 1.165) is 18.7 Å². The molecule has 1 amide bonds. The Morgan fingerprint density at radius 2 is 2.29 bits per heavy atom. The lowest BCUT2D eigenvalue weighted by Crippen LogP contribution is -2.35. The molecule has 0 aliphatic carbocycles. The maximum absolute atomic E-state index is 12.4. The second-order valence-electron chi connectivity index (χ2n) is 6.63. The number of nitrogens with one attached hydrogen (secondary N) is 1. The Hall–Kier alpha value is -2.38. The number of aromatic nitrogens is 4. The van der Waals surface area contributed by atoms with Gasteiger partial charge in [0.05, 0.1) is 6.20 Å². The van der Waals surface area contributed by atoms with Crippen LogP contribution < -0.4 is 11.0 Å². The predicted molar refractivity (Wildman–Crippen MR) is 86.6 cm³/mol. The molecule has 0 saturated carbocycles. The summed E-state index contributed by atoms with van der Waals surface area (Å²) in [4.78, 5) is 24.5. The number of carbonyl (C=O) groups excluding carboxylic acids is 1. The van der Waals surface area contributed by atoms with E-state index in [1.807, 2.05) is 0 Å². The van der Waals surface area contributed by atoms with E-state index in [2.05, 4.69) is 29.4 Å². The largest absolute Gasteiger partial charge is 0.351 e. The summed E-state index contributed by atoms with van der Waals surface area (Å²) < 4.78 is 8.17. The van der Waals surface area contributed by atoms with Gasteiger partial charge in [0, 0.05) is 31.6 Å². The van der Waals surface area contributed by atoms with Crippen LogP contribution in [0.3, 0.4) is 0 Å². The molecule has 0 saturated heterocycles. The minimum Gasteiger partial charge on any atom is -0.351 e. The van der Waals surface area contributed by atoms with Crippen molar-refractivity contribution < 1.29 is 9.32 Å². The molecule has 130 valence electrons. The van der Waals surface area contributed by atoms with Crippen LogP contribution in [0.1, 0.15) is 49.5 Å². The van der Waals surface area contributed by atoms with Gasteiger partial charge in [-0.25, -0.2) is 9.48 Å². The van der Waals surface area contributed by atoms with E-state index >= 15 is 0 Å². The monoisotopic (exact) mass is 333 g/mol. The topological polar surface area (TPSA) is 95.0 Å². The molecule has 1 unspecified atom stereocenters. The summed E-state index contributed by atoms with van der Waals surface area (Å²) >= 11 is 0. The zero-order chi connectivity index (χ0) is 17.1. The summed E-state index contributed by atoms with van der Waals surface area (Å²) in [5.41, 5.74) is -0.0483. The van der Waals surface area contributed by atoms with Crippen LogP contribution >= 0.6 is 0 Å². The van der Waals surface area contributed by atoms with Crippen LogP contribution in [0.4, 0.5) is 0 Å². The van der Waals surface area contributed by atoms with E-state index in [1.165, 1.54) is 12.3 Å². The van der Waals surface area contributed by atoms with Crippen LogP contribution in [0.25, 0.3) is 0 Å². The van der Waals surface area contributed by atoms with Gasteiger partial charge >= 0.3 is 5.69 Å². The second kappa shape index (κ2) is 7.02. The fraction of sp³-hybridized carbons (Fsp3) is 0.625. The third kappa shape index (κ3) is 3.58. The lowest BCUT2D eigenvalue weighted by Gasteiger charge is -2.14. The number of amides is 1. The molecule has 0 fully saturated rings. The van der Waals surface area contributed by atoms with Gasteiger partial charge in [-0.1, -0.05) is 19.0 Å². The van der Waals surface area contributed by atoms with E-state index in [9.17, 15) is 9.59 Å². The molecule has 0 spiro atoms. The SMILES string of the molecule is CC(C)CCn1nc2n(c1=O)CCC(NC(=O)c1ccno1)CC2. The average molecular weight is 333 g/mol. The molecular formula is C16H23N5O3. The molecule has 1 atom stereocenters. The first kappa shape index (κ1) is 16.5. The van der Waals surface area contributed by atoms with Crippen molar-refractivity contribution in [1.82, 2.24) is 24.8 Å². The van der Waals surface area contributed by atoms with Crippen molar-refractivity contribution >= 4 is 5.91 Å². The maximum Gasteiger partial charge on any atom is 0.345 e. The fourth-order valence-electron chi connectivity index (χ4n) is 2.89. The fourth-order valence-corrected chi connectivity index (χ4v) is 2.89. The first-order valence-electron chi connectivity index (χ1n) is 8.42. The van der Waals surface area contributed by atoms with E-state index in [4.69, 9.17) is 4.52 Å². The summed E-state index contributed by atoms with van der Waals surface area (Å²) in [7, 11) is 0. The van der Waals surface area contributed by atoms with Gasteiger partial charge in [-0.05, 0) is 25.2 Å². The number of hydrogen-bond acceptors (Lipinski definition) is 5. The van der Waals surface area contributed by atoms with Gasteiger partial charge in [-0.15, -0.1) is 0 Å². The van der Waals surface area contributed by atoms with Crippen molar-refractivity contribution in [3.05, 3.63) is 34.3 Å². The molecule has 3 heterocycles. The normalized spacial score (nSPS) is 17.5. The van der Waals surface area contributed by atoms with Gasteiger partial charge in [0.1, 0.15) is 5.82 Å². The highest BCUT2D eigenvalue weighted by Crippen LogP contribution is 2.13. The Balaban J connectivity index is 1.63. The standard InChI is InChI=1S/C16H23N5O3/c1-11(2)6-10-21-16(23)20-9-7-12(3-4-14(20)19-21)18-15(22)13-5-8-17-24-13/h5,8,11-12H,3-4,6-7,9-10H2,1-2H3,(H,18,22). The van der Waals surface area contributed by atoms with Crippen molar-refractivity contribution in [3.8, 4) is 0 Å². The molecule has 8 nitrogen and oxygen atoms in total. The van der Waals surface area contributed by atoms with Crippen molar-refractivity contribution in [2.24, 2.45) is 5.92 Å². The molecule has 8 heteroatoms. The highest BCUT2D eigenvalue weighted by atomic mass is 16.5. The van der Waals surface area contributed by atoms with Crippen molar-refractivity contribution in [1.29, 1.82) is 0 Å². The number of nitrogens with zero attached hydrogens (tertiary/aromatic N) is 4. The molecule has 2 aromatic heterocycles.